The molecule has 4 saturated heterocycles. The van der Waals surface area contributed by atoms with Crippen molar-refractivity contribution in [3.63, 3.8) is 0 Å². The number of benzene rings is 2. The van der Waals surface area contributed by atoms with Crippen molar-refractivity contribution < 1.29 is 42.1 Å². The van der Waals surface area contributed by atoms with Gasteiger partial charge < -0.3 is 24.2 Å². The van der Waals surface area contributed by atoms with E-state index in [0.29, 0.717) is 56.5 Å². The van der Waals surface area contributed by atoms with Gasteiger partial charge in [0.2, 0.25) is 6.29 Å². The fraction of sp³-hybridized carbons (Fsp3) is 0.500. The number of piperazine rings is 1. The van der Waals surface area contributed by atoms with Gasteiger partial charge in [0.25, 0.3) is 0 Å². The molecule has 5 atom stereocenters. The molecule has 4 fully saturated rings. The molecule has 6 heterocycles. The number of halogens is 3. The highest BCUT2D eigenvalue weighted by Crippen LogP contribution is 2.43. The molecule has 4 aromatic rings. The van der Waals surface area contributed by atoms with Gasteiger partial charge >= 0.3 is 18.1 Å². The van der Waals surface area contributed by atoms with Gasteiger partial charge in [-0.05, 0) is 62.2 Å². The van der Waals surface area contributed by atoms with Crippen LogP contribution in [0.1, 0.15) is 77.2 Å². The van der Waals surface area contributed by atoms with Crippen molar-refractivity contribution in [3.8, 4) is 35.4 Å². The Hall–Kier alpha value is -5.36. The summed E-state index contributed by atoms with van der Waals surface area (Å²) >= 11 is 0. The molecule has 0 spiro atoms. The number of pyridine rings is 1. The number of nitrogens with zero attached hydrogens (tertiary/aromatic N) is 6. The van der Waals surface area contributed by atoms with Gasteiger partial charge in [-0.2, -0.15) is 9.97 Å². The van der Waals surface area contributed by atoms with Crippen molar-refractivity contribution >= 4 is 39.6 Å². The second-order valence-electron chi connectivity index (χ2n) is 15.6. The summed E-state index contributed by atoms with van der Waals surface area (Å²) in [6, 6.07) is 4.62. The number of esters is 1. The lowest BCUT2D eigenvalue weighted by Crippen LogP contribution is -2.56. The van der Waals surface area contributed by atoms with Gasteiger partial charge in [-0.1, -0.05) is 31.8 Å². The highest BCUT2D eigenvalue weighted by Gasteiger charge is 2.50. The molecule has 4 aliphatic rings. The third-order valence-corrected chi connectivity index (χ3v) is 11.9. The van der Waals surface area contributed by atoms with Gasteiger partial charge in [0, 0.05) is 56.5 Å². The zero-order valence-electron chi connectivity index (χ0n) is 32.0. The van der Waals surface area contributed by atoms with Gasteiger partial charge in [0.15, 0.2) is 5.82 Å². The minimum atomic E-state index is -1.06. The van der Waals surface area contributed by atoms with E-state index in [1.807, 2.05) is 11.8 Å². The Morgan fingerprint density at radius 2 is 1.89 bits per heavy atom. The smallest absolute Gasteiger partial charge is 0.413 e. The van der Waals surface area contributed by atoms with E-state index in [4.69, 9.17) is 25.6 Å². The largest absolute Gasteiger partial charge is 0.508 e. The fourth-order valence-corrected chi connectivity index (χ4v) is 9.28. The molecule has 3 unspecified atom stereocenters. The van der Waals surface area contributed by atoms with Crippen LogP contribution in [0.4, 0.5) is 23.8 Å². The molecule has 57 heavy (non-hydrogen) atoms. The van der Waals surface area contributed by atoms with Gasteiger partial charge in [-0.25, -0.2) is 18.0 Å². The maximum atomic E-state index is 17.1. The number of phenolic OH excluding ortho intramolecular Hbond substituents is 1. The lowest BCUT2D eigenvalue weighted by molar-refractivity contribution is -0.166. The molecule has 1 N–H and O–H groups in total. The first kappa shape index (κ1) is 38.5. The first-order valence-electron chi connectivity index (χ1n) is 19.7. The third kappa shape index (κ3) is 7.24. The minimum absolute atomic E-state index is 0.0750. The molecule has 0 saturated carbocycles. The summed E-state index contributed by atoms with van der Waals surface area (Å²) in [6.07, 6.45) is 10.6. The minimum Gasteiger partial charge on any atom is -0.508 e. The monoisotopic (exact) mass is 786 g/mol. The van der Waals surface area contributed by atoms with Crippen LogP contribution in [0.5, 0.6) is 11.8 Å². The van der Waals surface area contributed by atoms with E-state index in [1.165, 1.54) is 37.4 Å². The van der Waals surface area contributed by atoms with Crippen molar-refractivity contribution in [1.29, 1.82) is 0 Å². The second kappa shape index (κ2) is 15.5. The number of hydrogen-bond donors (Lipinski definition) is 1. The summed E-state index contributed by atoms with van der Waals surface area (Å²) in [4.78, 5) is 45.3. The molecule has 300 valence electrons. The lowest BCUT2D eigenvalue weighted by Gasteiger charge is -2.41. The first-order valence-corrected chi connectivity index (χ1v) is 19.7. The molecule has 1 amide bonds. The number of aromatic nitrogens is 3. The zero-order valence-corrected chi connectivity index (χ0v) is 32.0. The number of ether oxygens (including phenoxy) is 3. The number of carbonyl (C=O) groups excluding carboxylic acids is 2. The maximum absolute atomic E-state index is 17.1. The number of aromatic hydroxyl groups is 1. The first-order chi connectivity index (χ1) is 27.5. The molecule has 2 aromatic heterocycles. The van der Waals surface area contributed by atoms with Gasteiger partial charge in [0.05, 0.1) is 28.6 Å². The number of terminal acetylenes is 1. The Morgan fingerprint density at radius 3 is 2.65 bits per heavy atom. The number of alkyl halides is 1. The van der Waals surface area contributed by atoms with E-state index in [0.717, 1.165) is 32.2 Å². The summed E-state index contributed by atoms with van der Waals surface area (Å²) in [6.45, 7) is 5.37. The number of rotatable bonds is 11. The number of hydrogen-bond acceptors (Lipinski definition) is 11. The number of carbonyl (C=O) groups is 2. The summed E-state index contributed by atoms with van der Waals surface area (Å²) in [5.74, 6) is 0.514. The van der Waals surface area contributed by atoms with Crippen molar-refractivity contribution in [2.24, 2.45) is 0 Å². The number of fused-ring (bicyclic) bond motifs is 5. The van der Waals surface area contributed by atoms with Gasteiger partial charge in [-0.3, -0.25) is 19.6 Å². The van der Waals surface area contributed by atoms with Crippen LogP contribution in [-0.4, -0.2) is 105 Å². The van der Waals surface area contributed by atoms with Crippen LogP contribution in [-0.2, 0) is 14.3 Å². The topological polar surface area (TPSA) is 130 Å². The third-order valence-electron chi connectivity index (χ3n) is 11.9. The van der Waals surface area contributed by atoms with E-state index in [-0.39, 0.29) is 70.0 Å². The van der Waals surface area contributed by atoms with Crippen LogP contribution in [0.3, 0.4) is 0 Å². The van der Waals surface area contributed by atoms with Crippen molar-refractivity contribution in [1.82, 2.24) is 24.8 Å². The molecule has 4 aliphatic heterocycles. The highest BCUT2D eigenvalue weighted by molar-refractivity contribution is 6.03. The summed E-state index contributed by atoms with van der Waals surface area (Å²) < 4.78 is 63.9. The van der Waals surface area contributed by atoms with Gasteiger partial charge in [-0.15, -0.1) is 6.42 Å². The number of amides is 1. The average Bonchev–Trinajstić information content (AvgIpc) is 3.80. The molecule has 2 aromatic carbocycles. The molecule has 12 nitrogen and oxygen atoms in total. The Kier molecular flexibility index (Phi) is 10.5. The Balaban J connectivity index is 1.13. The molecule has 15 heteroatoms. The summed E-state index contributed by atoms with van der Waals surface area (Å²) in [5.41, 5.74) is -0.904. The van der Waals surface area contributed by atoms with Crippen molar-refractivity contribution in [2.45, 2.75) is 102 Å². The standard InChI is InChI=1S/C42H45F3N6O6/c1-4-6-7-9-34(53)56-24(3)57-41(54)51-27-11-12-28(51)22-49(21-27)39-32-19-46-37(31-17-29(52)16-25-10-13-33(44)30(5-2)35(25)31)36(45)38(32)47-40(48-39)55-23-42-14-8-15-50(42)20-26(43)18-42/h2,10,13,16-17,19,24,26-28,52H,4,6-9,11-12,14-15,18,20-23H2,1,3H3/t24?,26-,27?,28?,42+/m1/s1. The predicted molar refractivity (Wildman–Crippen MR) is 205 cm³/mol. The number of unbranched alkanes of at least 4 members (excludes halogenated alkanes) is 2. The van der Waals surface area contributed by atoms with Crippen LogP contribution in [0.15, 0.2) is 30.5 Å². The van der Waals surface area contributed by atoms with Crippen LogP contribution < -0.4 is 9.64 Å². The number of anilines is 1. The average molecular weight is 787 g/mol. The summed E-state index contributed by atoms with van der Waals surface area (Å²) in [5, 5.41) is 11.5. The summed E-state index contributed by atoms with van der Waals surface area (Å²) in [7, 11) is 0. The molecular formula is C42H45F3N6O6. The molecule has 8 rings (SSSR count). The fourth-order valence-electron chi connectivity index (χ4n) is 9.28. The normalized spacial score (nSPS) is 23.5. The second-order valence-corrected chi connectivity index (χ2v) is 15.6. The maximum Gasteiger partial charge on any atom is 0.413 e. The molecule has 2 bridgehead atoms. The van der Waals surface area contributed by atoms with Crippen molar-refractivity contribution in [3.05, 3.63) is 47.7 Å². The zero-order chi connectivity index (χ0) is 40.0. The van der Waals surface area contributed by atoms with E-state index in [9.17, 15) is 23.5 Å². The van der Waals surface area contributed by atoms with E-state index < -0.39 is 41.7 Å². The molecular weight excluding hydrogens is 741 g/mol. The van der Waals surface area contributed by atoms with E-state index >= 15 is 4.39 Å². The Morgan fingerprint density at radius 1 is 1.11 bits per heavy atom. The van der Waals surface area contributed by atoms with Crippen LogP contribution in [0.2, 0.25) is 0 Å². The lowest BCUT2D eigenvalue weighted by atomic mass is 9.95. The highest BCUT2D eigenvalue weighted by atomic mass is 19.1. The van der Waals surface area contributed by atoms with Crippen LogP contribution in [0, 0.1) is 24.0 Å². The van der Waals surface area contributed by atoms with Crippen LogP contribution in [0.25, 0.3) is 32.9 Å². The quantitative estimate of drug-likeness (QED) is 0.0729. The number of phenols is 1. The SMILES string of the molecule is C#Cc1c(F)ccc2cc(O)cc(-c3ncc4c(N5CC6CCC(C5)N6C(=O)OC(C)OC(=O)CCCCC)nc(OC[C@@]56CCCN5C[C@H](F)C6)nc4c3F)c12. The van der Waals surface area contributed by atoms with E-state index in [1.54, 1.807) is 4.90 Å². The van der Waals surface area contributed by atoms with Gasteiger partial charge in [0.1, 0.15) is 41.4 Å². The Bertz CT molecular complexity index is 2260. The Labute approximate surface area is 328 Å². The molecule has 0 radical (unpaired) electrons. The molecule has 0 aliphatic carbocycles. The predicted octanol–water partition coefficient (Wildman–Crippen LogP) is 7.02. The van der Waals surface area contributed by atoms with Crippen molar-refractivity contribution in [2.75, 3.05) is 37.7 Å². The van der Waals surface area contributed by atoms with Crippen LogP contribution >= 0.6 is 0 Å². The van der Waals surface area contributed by atoms with E-state index in [2.05, 4.69) is 20.8 Å².